The number of pyridine rings is 1. The van der Waals surface area contributed by atoms with E-state index in [4.69, 9.17) is 4.74 Å². The van der Waals surface area contributed by atoms with Crippen molar-refractivity contribution < 1.29 is 4.74 Å². The van der Waals surface area contributed by atoms with Gasteiger partial charge in [-0.05, 0) is 41.5 Å². The molecule has 0 spiro atoms. The lowest BCUT2D eigenvalue weighted by atomic mass is 10.0. The lowest BCUT2D eigenvalue weighted by molar-refractivity contribution is 0.413. The van der Waals surface area contributed by atoms with Gasteiger partial charge in [-0.15, -0.1) is 0 Å². The minimum atomic E-state index is 0.511. The van der Waals surface area contributed by atoms with E-state index in [0.29, 0.717) is 11.3 Å². The van der Waals surface area contributed by atoms with Crippen LogP contribution in [0.3, 0.4) is 0 Å². The first kappa shape index (κ1) is 17.0. The Hall–Kier alpha value is -4.11. The lowest BCUT2D eigenvalue weighted by Crippen LogP contribution is -1.89. The Balaban J connectivity index is 1.66. The molecule has 0 atom stereocenters. The maximum atomic E-state index is 9.21. The number of hydrogen-bond acceptors (Lipinski definition) is 4. The van der Waals surface area contributed by atoms with Crippen LogP contribution in [0.25, 0.3) is 44.3 Å². The molecular weight excluding hydrogens is 362 g/mol. The summed E-state index contributed by atoms with van der Waals surface area (Å²) in [4.78, 5) is 12.2. The Kier molecular flexibility index (Phi) is 3.81. The average molecular weight is 379 g/mol. The monoisotopic (exact) mass is 379 g/mol. The largest absolute Gasteiger partial charge is 0.495 e. The van der Waals surface area contributed by atoms with Crippen molar-refractivity contribution in [1.82, 2.24) is 19.5 Å². The summed E-state index contributed by atoms with van der Waals surface area (Å²) in [6.45, 7) is 0. The number of nitrogens with one attached hydrogen (secondary N) is 1. The van der Waals surface area contributed by atoms with E-state index in [9.17, 15) is 5.26 Å². The normalized spacial score (nSPS) is 11.1. The number of fused-ring (bicyclic) bond motifs is 2. The van der Waals surface area contributed by atoms with Gasteiger partial charge in [-0.1, -0.05) is 12.1 Å². The molecule has 6 heteroatoms. The van der Waals surface area contributed by atoms with E-state index in [1.165, 1.54) is 0 Å². The van der Waals surface area contributed by atoms with E-state index < -0.39 is 0 Å². The zero-order valence-corrected chi connectivity index (χ0v) is 16.0. The van der Waals surface area contributed by atoms with Crippen molar-refractivity contribution in [3.63, 3.8) is 0 Å². The van der Waals surface area contributed by atoms with Crippen molar-refractivity contribution in [2.45, 2.75) is 0 Å². The molecule has 0 aliphatic heterocycles. The Morgan fingerprint density at radius 1 is 1.03 bits per heavy atom. The van der Waals surface area contributed by atoms with Crippen LogP contribution in [0.15, 0.2) is 61.2 Å². The first-order valence-corrected chi connectivity index (χ1v) is 9.15. The third kappa shape index (κ3) is 2.72. The molecule has 1 N–H and O–H groups in total. The number of benzene rings is 2. The first-order valence-electron chi connectivity index (χ1n) is 9.15. The lowest BCUT2D eigenvalue weighted by Gasteiger charge is -2.07. The van der Waals surface area contributed by atoms with E-state index in [0.717, 1.165) is 44.3 Å². The second-order valence-electron chi connectivity index (χ2n) is 6.91. The number of hydrogen-bond donors (Lipinski definition) is 1. The number of imidazole rings is 1. The summed E-state index contributed by atoms with van der Waals surface area (Å²) in [5, 5.41) is 10.2. The van der Waals surface area contributed by atoms with Crippen LogP contribution in [-0.4, -0.2) is 26.6 Å². The van der Waals surface area contributed by atoms with Crippen molar-refractivity contribution >= 4 is 22.1 Å². The summed E-state index contributed by atoms with van der Waals surface area (Å²) in [7, 11) is 3.56. The highest BCUT2D eigenvalue weighted by Gasteiger charge is 2.12. The maximum Gasteiger partial charge on any atom is 0.137 e. The number of aryl methyl sites for hydroxylation is 1. The molecule has 0 amide bonds. The first-order chi connectivity index (χ1) is 14.2. The molecule has 2 aromatic carbocycles. The fourth-order valence-corrected chi connectivity index (χ4v) is 3.66. The van der Waals surface area contributed by atoms with Gasteiger partial charge < -0.3 is 14.3 Å². The predicted octanol–water partition coefficient (Wildman–Crippen LogP) is 4.66. The summed E-state index contributed by atoms with van der Waals surface area (Å²) in [6, 6.07) is 16.1. The van der Waals surface area contributed by atoms with Gasteiger partial charge in [-0.2, -0.15) is 5.26 Å². The number of nitrogens with zero attached hydrogens (tertiary/aromatic N) is 4. The van der Waals surface area contributed by atoms with Crippen LogP contribution in [0.5, 0.6) is 5.75 Å². The number of H-pyrrole nitrogens is 1. The van der Waals surface area contributed by atoms with E-state index in [-0.39, 0.29) is 0 Å². The summed E-state index contributed by atoms with van der Waals surface area (Å²) in [5.41, 5.74) is 7.48. The molecule has 140 valence electrons. The zero-order valence-electron chi connectivity index (χ0n) is 16.0. The molecule has 0 saturated carbocycles. The minimum Gasteiger partial charge on any atom is -0.495 e. The Bertz CT molecular complexity index is 1420. The molecule has 3 aromatic heterocycles. The molecule has 0 radical (unpaired) electrons. The van der Waals surface area contributed by atoms with E-state index in [2.05, 4.69) is 39.2 Å². The van der Waals surface area contributed by atoms with Crippen LogP contribution in [0.4, 0.5) is 0 Å². The topological polar surface area (TPSA) is 79.5 Å². The number of rotatable bonds is 3. The highest BCUT2D eigenvalue weighted by atomic mass is 16.5. The molecule has 6 nitrogen and oxygen atoms in total. The SMILES string of the molecule is COc1cc(-c2cnc3[nH]cc(-c4ccc5ncn(C)c5c4)c3c2)ccc1C#N. The van der Waals surface area contributed by atoms with E-state index in [1.807, 2.05) is 48.5 Å². The van der Waals surface area contributed by atoms with Crippen LogP contribution < -0.4 is 4.74 Å². The number of methoxy groups -OCH3 is 1. The summed E-state index contributed by atoms with van der Waals surface area (Å²) in [5.74, 6) is 0.557. The second-order valence-corrected chi connectivity index (χ2v) is 6.91. The predicted molar refractivity (Wildman–Crippen MR) is 113 cm³/mol. The summed E-state index contributed by atoms with van der Waals surface area (Å²) in [6.07, 6.45) is 5.63. The number of aromatic amines is 1. The van der Waals surface area contributed by atoms with Gasteiger partial charge in [-0.3, -0.25) is 0 Å². The van der Waals surface area contributed by atoms with Gasteiger partial charge in [-0.25, -0.2) is 9.97 Å². The number of ether oxygens (including phenoxy) is 1. The van der Waals surface area contributed by atoms with Gasteiger partial charge in [0.15, 0.2) is 0 Å². The molecule has 0 aliphatic carbocycles. The molecule has 3 heterocycles. The number of nitriles is 1. The summed E-state index contributed by atoms with van der Waals surface area (Å²) < 4.78 is 7.37. The van der Waals surface area contributed by atoms with Crippen molar-refractivity contribution in [1.29, 1.82) is 5.26 Å². The van der Waals surface area contributed by atoms with E-state index >= 15 is 0 Å². The maximum absolute atomic E-state index is 9.21. The smallest absolute Gasteiger partial charge is 0.137 e. The van der Waals surface area contributed by atoms with Gasteiger partial charge in [0.2, 0.25) is 0 Å². The highest BCUT2D eigenvalue weighted by Crippen LogP contribution is 2.33. The van der Waals surface area contributed by atoms with Crippen molar-refractivity contribution in [3.8, 4) is 34.1 Å². The van der Waals surface area contributed by atoms with Crippen molar-refractivity contribution in [2.24, 2.45) is 7.05 Å². The third-order valence-corrected chi connectivity index (χ3v) is 5.22. The zero-order chi connectivity index (χ0) is 20.0. The van der Waals surface area contributed by atoms with Gasteiger partial charge in [0.1, 0.15) is 17.5 Å². The van der Waals surface area contributed by atoms with E-state index in [1.54, 1.807) is 13.2 Å². The van der Waals surface area contributed by atoms with Gasteiger partial charge in [0.05, 0.1) is 30.0 Å². The fraction of sp³-hybridized carbons (Fsp3) is 0.0870. The molecule has 0 aliphatic rings. The van der Waals surface area contributed by atoms with Crippen LogP contribution in [-0.2, 0) is 7.05 Å². The van der Waals surface area contributed by atoms with Crippen LogP contribution in [0.2, 0.25) is 0 Å². The van der Waals surface area contributed by atoms with Crippen molar-refractivity contribution in [2.75, 3.05) is 7.11 Å². The van der Waals surface area contributed by atoms with Gasteiger partial charge >= 0.3 is 0 Å². The molecule has 29 heavy (non-hydrogen) atoms. The van der Waals surface area contributed by atoms with Crippen molar-refractivity contribution in [3.05, 3.63) is 66.7 Å². The Morgan fingerprint density at radius 2 is 1.90 bits per heavy atom. The Labute approximate surface area is 167 Å². The van der Waals surface area contributed by atoms with Gasteiger partial charge in [0, 0.05) is 36.0 Å². The van der Waals surface area contributed by atoms with Crippen LogP contribution in [0, 0.1) is 11.3 Å². The minimum absolute atomic E-state index is 0.511. The molecule has 5 rings (SSSR count). The van der Waals surface area contributed by atoms with Crippen LogP contribution in [0.1, 0.15) is 5.56 Å². The third-order valence-electron chi connectivity index (χ3n) is 5.22. The highest BCUT2D eigenvalue weighted by molar-refractivity contribution is 5.97. The second kappa shape index (κ2) is 6.50. The molecule has 0 saturated heterocycles. The van der Waals surface area contributed by atoms with Crippen LogP contribution >= 0.6 is 0 Å². The fourth-order valence-electron chi connectivity index (χ4n) is 3.66. The molecule has 0 unspecified atom stereocenters. The van der Waals surface area contributed by atoms with Gasteiger partial charge in [0.25, 0.3) is 0 Å². The molecule has 0 bridgehead atoms. The quantitative estimate of drug-likeness (QED) is 0.494. The standard InChI is InChI=1S/C23H17N5O/c1-28-13-27-20-6-5-15(8-21(20)28)19-12-26-23-18(19)7-17(11-25-23)14-3-4-16(10-24)22(9-14)29-2/h3-9,11-13H,1-2H3,(H,25,26). The summed E-state index contributed by atoms with van der Waals surface area (Å²) >= 11 is 0. The average Bonchev–Trinajstić information content (AvgIpc) is 3.36. The molecule has 5 aromatic rings. The molecular formula is C23H17N5O. The number of aromatic nitrogens is 4. The molecule has 0 fully saturated rings. The Morgan fingerprint density at radius 3 is 2.72 bits per heavy atom.